The third-order valence-electron chi connectivity index (χ3n) is 3.86. The number of aromatic nitrogens is 2. The van der Waals surface area contributed by atoms with Crippen molar-refractivity contribution >= 4 is 23.4 Å². The first-order valence-corrected chi connectivity index (χ1v) is 9.59. The van der Waals surface area contributed by atoms with Crippen molar-refractivity contribution in [3.63, 3.8) is 0 Å². The lowest BCUT2D eigenvalue weighted by molar-refractivity contribution is -0.115. The van der Waals surface area contributed by atoms with Gasteiger partial charge >= 0.3 is 0 Å². The zero-order chi connectivity index (χ0) is 18.5. The van der Waals surface area contributed by atoms with E-state index in [0.29, 0.717) is 46.8 Å². The van der Waals surface area contributed by atoms with E-state index in [0.717, 1.165) is 5.56 Å². The van der Waals surface area contributed by atoms with E-state index in [9.17, 15) is 4.79 Å². The molecule has 0 spiro atoms. The number of carbonyl (C=O) groups excluding carboxylic acids is 1. The molecule has 2 heterocycles. The summed E-state index contributed by atoms with van der Waals surface area (Å²) in [5.74, 6) is 3.63. The number of thioether (sulfide) groups is 1. The van der Waals surface area contributed by atoms with Crippen LogP contribution in [0.3, 0.4) is 0 Å². The van der Waals surface area contributed by atoms with Crippen LogP contribution in [0.25, 0.3) is 11.4 Å². The van der Waals surface area contributed by atoms with Gasteiger partial charge in [0.25, 0.3) is 0 Å². The van der Waals surface area contributed by atoms with E-state index in [1.54, 1.807) is 30.0 Å². The van der Waals surface area contributed by atoms with E-state index in [-0.39, 0.29) is 12.7 Å². The van der Waals surface area contributed by atoms with Gasteiger partial charge in [-0.1, -0.05) is 35.5 Å². The lowest BCUT2D eigenvalue weighted by Gasteiger charge is -2.05. The summed E-state index contributed by atoms with van der Waals surface area (Å²) in [6.45, 7) is 0.213. The Bertz CT molecular complexity index is 930. The Hall–Kier alpha value is -3.00. The fourth-order valence-electron chi connectivity index (χ4n) is 2.54. The Morgan fingerprint density at radius 1 is 1.11 bits per heavy atom. The number of hydrogen-bond donors (Lipinski definition) is 1. The zero-order valence-corrected chi connectivity index (χ0v) is 15.2. The Balaban J connectivity index is 1.21. The monoisotopic (exact) mass is 383 g/mol. The fourth-order valence-corrected chi connectivity index (χ4v) is 3.31. The highest BCUT2D eigenvalue weighted by atomic mass is 32.2. The molecule has 27 heavy (non-hydrogen) atoms. The average molecular weight is 383 g/mol. The van der Waals surface area contributed by atoms with Crippen LogP contribution in [0, 0.1) is 0 Å². The lowest BCUT2D eigenvalue weighted by atomic mass is 10.2. The highest BCUT2D eigenvalue weighted by Gasteiger charge is 2.14. The van der Waals surface area contributed by atoms with Crippen molar-refractivity contribution in [2.24, 2.45) is 0 Å². The number of nitrogens with one attached hydrogen (secondary N) is 1. The van der Waals surface area contributed by atoms with E-state index >= 15 is 0 Å². The van der Waals surface area contributed by atoms with E-state index in [1.165, 1.54) is 0 Å². The summed E-state index contributed by atoms with van der Waals surface area (Å²) in [6.07, 6.45) is 0.388. The second kappa shape index (κ2) is 8.13. The van der Waals surface area contributed by atoms with Gasteiger partial charge in [-0.3, -0.25) is 4.79 Å². The molecule has 2 aromatic carbocycles. The van der Waals surface area contributed by atoms with Crippen LogP contribution in [0.4, 0.5) is 5.69 Å². The molecule has 1 aliphatic heterocycles. The maximum Gasteiger partial charge on any atom is 0.236 e. The second-order valence-corrected chi connectivity index (χ2v) is 6.90. The normalized spacial score (nSPS) is 12.1. The number of fused-ring (bicyclic) bond motifs is 1. The molecule has 0 unspecified atom stereocenters. The summed E-state index contributed by atoms with van der Waals surface area (Å²) in [6, 6.07) is 15.0. The topological polar surface area (TPSA) is 86.5 Å². The number of carbonyl (C=O) groups is 1. The number of hydrogen-bond acceptors (Lipinski definition) is 7. The van der Waals surface area contributed by atoms with Gasteiger partial charge < -0.3 is 19.3 Å². The zero-order valence-electron chi connectivity index (χ0n) is 14.4. The van der Waals surface area contributed by atoms with Gasteiger partial charge in [0.2, 0.25) is 24.4 Å². The molecule has 0 bridgehead atoms. The number of anilines is 1. The standard InChI is InChI=1S/C19H17N3O4S/c23-17(20-14-6-7-15-16(10-14)25-12-24-15)8-9-27-11-18-21-19(22-26-18)13-4-2-1-3-5-13/h1-7,10H,8-9,11-12H2,(H,20,23). The largest absolute Gasteiger partial charge is 0.454 e. The van der Waals surface area contributed by atoms with Crippen molar-refractivity contribution < 1.29 is 18.8 Å². The van der Waals surface area contributed by atoms with Crippen LogP contribution >= 0.6 is 11.8 Å². The average Bonchev–Trinajstić information content (AvgIpc) is 3.35. The summed E-state index contributed by atoms with van der Waals surface area (Å²) in [5.41, 5.74) is 1.61. The number of benzene rings is 2. The molecule has 1 amide bonds. The quantitative estimate of drug-likeness (QED) is 0.622. The first-order chi connectivity index (χ1) is 13.3. The molecule has 0 saturated heterocycles. The van der Waals surface area contributed by atoms with E-state index < -0.39 is 0 Å². The maximum absolute atomic E-state index is 12.1. The van der Waals surface area contributed by atoms with Crippen LogP contribution in [0.5, 0.6) is 11.5 Å². The predicted molar refractivity (Wildman–Crippen MR) is 102 cm³/mol. The smallest absolute Gasteiger partial charge is 0.236 e. The van der Waals surface area contributed by atoms with Gasteiger partial charge in [0, 0.05) is 29.5 Å². The molecule has 0 atom stereocenters. The molecule has 1 aromatic heterocycles. The van der Waals surface area contributed by atoms with Crippen LogP contribution in [0.1, 0.15) is 12.3 Å². The van der Waals surface area contributed by atoms with Gasteiger partial charge in [-0.05, 0) is 12.1 Å². The van der Waals surface area contributed by atoms with Crippen LogP contribution in [-0.4, -0.2) is 28.6 Å². The van der Waals surface area contributed by atoms with Crippen molar-refractivity contribution in [1.82, 2.24) is 10.1 Å². The highest BCUT2D eigenvalue weighted by Crippen LogP contribution is 2.34. The second-order valence-electron chi connectivity index (χ2n) is 5.80. The molecular formula is C19H17N3O4S. The van der Waals surface area contributed by atoms with Crippen molar-refractivity contribution in [2.45, 2.75) is 12.2 Å². The highest BCUT2D eigenvalue weighted by molar-refractivity contribution is 7.98. The van der Waals surface area contributed by atoms with Gasteiger partial charge in [-0.25, -0.2) is 0 Å². The minimum atomic E-state index is -0.0585. The van der Waals surface area contributed by atoms with Crippen molar-refractivity contribution in [1.29, 1.82) is 0 Å². The summed E-state index contributed by atoms with van der Waals surface area (Å²) in [4.78, 5) is 16.4. The van der Waals surface area contributed by atoms with Crippen LogP contribution in [0.2, 0.25) is 0 Å². The van der Waals surface area contributed by atoms with Crippen LogP contribution in [0.15, 0.2) is 53.1 Å². The van der Waals surface area contributed by atoms with Crippen LogP contribution < -0.4 is 14.8 Å². The minimum Gasteiger partial charge on any atom is -0.454 e. The van der Waals surface area contributed by atoms with E-state index in [1.807, 2.05) is 30.3 Å². The first-order valence-electron chi connectivity index (χ1n) is 8.43. The molecule has 3 aromatic rings. The number of ether oxygens (including phenoxy) is 2. The fraction of sp³-hybridized carbons (Fsp3) is 0.211. The molecule has 138 valence electrons. The number of nitrogens with zero attached hydrogens (tertiary/aromatic N) is 2. The number of rotatable bonds is 7. The van der Waals surface area contributed by atoms with Gasteiger partial charge in [0.05, 0.1) is 5.75 Å². The van der Waals surface area contributed by atoms with Crippen LogP contribution in [-0.2, 0) is 10.5 Å². The molecule has 7 nitrogen and oxygen atoms in total. The minimum absolute atomic E-state index is 0.0585. The van der Waals surface area contributed by atoms with Crippen molar-refractivity contribution in [3.05, 3.63) is 54.4 Å². The summed E-state index contributed by atoms with van der Waals surface area (Å²) >= 11 is 1.57. The van der Waals surface area contributed by atoms with E-state index in [2.05, 4.69) is 15.5 Å². The molecule has 0 saturated carbocycles. The molecule has 1 N–H and O–H groups in total. The molecule has 1 aliphatic rings. The predicted octanol–water partition coefficient (Wildman–Crippen LogP) is 3.73. The van der Waals surface area contributed by atoms with Gasteiger partial charge in [-0.2, -0.15) is 16.7 Å². The third kappa shape index (κ3) is 4.40. The molecule has 0 aliphatic carbocycles. The Kier molecular flexibility index (Phi) is 5.24. The molecule has 4 rings (SSSR count). The molecule has 0 fully saturated rings. The summed E-state index contributed by atoms with van der Waals surface area (Å²) in [7, 11) is 0. The van der Waals surface area contributed by atoms with Gasteiger partial charge in [0.1, 0.15) is 0 Å². The summed E-state index contributed by atoms with van der Waals surface area (Å²) < 4.78 is 15.8. The van der Waals surface area contributed by atoms with Gasteiger partial charge in [-0.15, -0.1) is 0 Å². The third-order valence-corrected chi connectivity index (χ3v) is 4.80. The maximum atomic E-state index is 12.1. The number of amides is 1. The Morgan fingerprint density at radius 3 is 2.85 bits per heavy atom. The van der Waals surface area contributed by atoms with Gasteiger partial charge in [0.15, 0.2) is 11.5 Å². The molecular weight excluding hydrogens is 366 g/mol. The summed E-state index contributed by atoms with van der Waals surface area (Å²) in [5, 5.41) is 6.84. The first kappa shape index (κ1) is 17.4. The van der Waals surface area contributed by atoms with Crippen molar-refractivity contribution in [2.75, 3.05) is 17.9 Å². The Labute approximate surface area is 160 Å². The van der Waals surface area contributed by atoms with E-state index in [4.69, 9.17) is 14.0 Å². The lowest BCUT2D eigenvalue weighted by Crippen LogP contribution is -2.12. The SMILES string of the molecule is O=C(CCSCc1nc(-c2ccccc2)no1)Nc1ccc2c(c1)OCO2. The molecule has 8 heteroatoms. The Morgan fingerprint density at radius 2 is 1.96 bits per heavy atom. The van der Waals surface area contributed by atoms with Crippen molar-refractivity contribution in [3.8, 4) is 22.9 Å². The molecule has 0 radical (unpaired) electrons.